The lowest BCUT2D eigenvalue weighted by molar-refractivity contribution is 0.0926. The van der Waals surface area contributed by atoms with Gasteiger partial charge in [0.1, 0.15) is 0 Å². The van der Waals surface area contributed by atoms with Crippen molar-refractivity contribution in [2.75, 3.05) is 27.2 Å². The minimum Gasteiger partial charge on any atom is -0.302 e. The largest absolute Gasteiger partial charge is 0.302 e. The zero-order chi connectivity index (χ0) is 15.5. The summed E-state index contributed by atoms with van der Waals surface area (Å²) in [6, 6.07) is 2.72. The number of likely N-dealkylation sites (tertiary alicyclic amines) is 1. The normalized spacial score (nSPS) is 23.3. The monoisotopic (exact) mass is 318 g/mol. The van der Waals surface area contributed by atoms with Crippen molar-refractivity contribution in [2.45, 2.75) is 25.4 Å². The summed E-state index contributed by atoms with van der Waals surface area (Å²) < 4.78 is 1.92. The van der Waals surface area contributed by atoms with Crippen LogP contribution in [0.3, 0.4) is 0 Å². The van der Waals surface area contributed by atoms with E-state index in [2.05, 4.69) is 52.0 Å². The Morgan fingerprint density at radius 1 is 1.41 bits per heavy atom. The Labute approximate surface area is 137 Å². The summed E-state index contributed by atoms with van der Waals surface area (Å²) >= 11 is 1.78. The summed E-state index contributed by atoms with van der Waals surface area (Å²) in [5.41, 5.74) is 2.79. The van der Waals surface area contributed by atoms with Gasteiger partial charge in [0.2, 0.25) is 0 Å². The number of hydrogen-bond donors (Lipinski definition) is 0. The lowest BCUT2D eigenvalue weighted by Gasteiger charge is -2.40. The van der Waals surface area contributed by atoms with Crippen molar-refractivity contribution < 1.29 is 0 Å². The van der Waals surface area contributed by atoms with Gasteiger partial charge in [-0.1, -0.05) is 0 Å². The van der Waals surface area contributed by atoms with Crippen molar-refractivity contribution in [3.05, 3.63) is 40.3 Å². The summed E-state index contributed by atoms with van der Waals surface area (Å²) in [7, 11) is 6.50. The van der Waals surface area contributed by atoms with E-state index in [1.54, 1.807) is 11.3 Å². The quantitative estimate of drug-likeness (QED) is 0.847. The Bertz CT molecular complexity index is 577. The molecule has 2 aromatic heterocycles. The molecular weight excluding hydrogens is 292 g/mol. The van der Waals surface area contributed by atoms with E-state index in [0.29, 0.717) is 12.0 Å². The number of nitrogens with zero attached hydrogens (tertiary/aromatic N) is 4. The van der Waals surface area contributed by atoms with Crippen molar-refractivity contribution in [3.8, 4) is 0 Å². The number of piperidine rings is 1. The third kappa shape index (κ3) is 3.59. The molecule has 0 amide bonds. The van der Waals surface area contributed by atoms with Crippen LogP contribution in [-0.2, 0) is 13.6 Å². The molecule has 5 heteroatoms. The highest BCUT2D eigenvalue weighted by molar-refractivity contribution is 7.07. The predicted octanol–water partition coefficient (Wildman–Crippen LogP) is 3.00. The molecule has 0 radical (unpaired) electrons. The topological polar surface area (TPSA) is 24.3 Å². The summed E-state index contributed by atoms with van der Waals surface area (Å²) in [4.78, 5) is 4.97. The fraction of sp³-hybridized carbons (Fsp3) is 0.588. The molecule has 0 spiro atoms. The first-order valence-electron chi connectivity index (χ1n) is 8.02. The average molecular weight is 318 g/mol. The molecule has 1 fully saturated rings. The van der Waals surface area contributed by atoms with Gasteiger partial charge in [0, 0.05) is 37.9 Å². The molecule has 0 aliphatic carbocycles. The molecule has 22 heavy (non-hydrogen) atoms. The Morgan fingerprint density at radius 2 is 2.27 bits per heavy atom. The highest BCUT2D eigenvalue weighted by Gasteiger charge is 2.31. The first-order valence-corrected chi connectivity index (χ1v) is 8.96. The van der Waals surface area contributed by atoms with E-state index in [-0.39, 0.29) is 0 Å². The molecule has 3 heterocycles. The summed E-state index contributed by atoms with van der Waals surface area (Å²) in [5, 5.41) is 8.79. The van der Waals surface area contributed by atoms with Gasteiger partial charge < -0.3 is 4.90 Å². The van der Waals surface area contributed by atoms with Crippen molar-refractivity contribution >= 4 is 11.3 Å². The van der Waals surface area contributed by atoms with Gasteiger partial charge in [-0.15, -0.1) is 0 Å². The lowest BCUT2D eigenvalue weighted by Crippen LogP contribution is -2.40. The van der Waals surface area contributed by atoms with Crippen LogP contribution in [0.25, 0.3) is 0 Å². The molecule has 0 saturated carbocycles. The Morgan fingerprint density at radius 3 is 2.95 bits per heavy atom. The third-order valence-electron chi connectivity index (χ3n) is 4.65. The SMILES string of the molecule is CN(Cc1ccsc1)C[C@@H]1CCCN(C)[C@H]1c1cnn(C)c1. The second-order valence-electron chi connectivity index (χ2n) is 6.60. The summed E-state index contributed by atoms with van der Waals surface area (Å²) in [6.45, 7) is 3.37. The van der Waals surface area contributed by atoms with Crippen LogP contribution in [0.4, 0.5) is 0 Å². The van der Waals surface area contributed by atoms with Crippen LogP contribution < -0.4 is 0 Å². The van der Waals surface area contributed by atoms with E-state index in [9.17, 15) is 0 Å². The molecule has 1 aliphatic rings. The minimum absolute atomic E-state index is 0.493. The average Bonchev–Trinajstić information content (AvgIpc) is 3.11. The van der Waals surface area contributed by atoms with Crippen LogP contribution in [0.2, 0.25) is 0 Å². The molecule has 0 bridgehead atoms. The molecule has 2 aromatic rings. The molecule has 1 aliphatic heterocycles. The second kappa shape index (κ2) is 6.94. The third-order valence-corrected chi connectivity index (χ3v) is 5.38. The lowest BCUT2D eigenvalue weighted by atomic mass is 9.85. The number of rotatable bonds is 5. The zero-order valence-electron chi connectivity index (χ0n) is 13.8. The fourth-order valence-corrected chi connectivity index (χ4v) is 4.39. The van der Waals surface area contributed by atoms with Gasteiger partial charge >= 0.3 is 0 Å². The molecular formula is C17H26N4S. The number of hydrogen-bond acceptors (Lipinski definition) is 4. The van der Waals surface area contributed by atoms with E-state index in [1.165, 1.54) is 30.5 Å². The van der Waals surface area contributed by atoms with E-state index in [4.69, 9.17) is 0 Å². The van der Waals surface area contributed by atoms with Crippen LogP contribution in [0.15, 0.2) is 29.2 Å². The molecule has 2 atom stereocenters. The smallest absolute Gasteiger partial charge is 0.0537 e. The molecule has 0 aromatic carbocycles. The van der Waals surface area contributed by atoms with Gasteiger partial charge in [0.15, 0.2) is 0 Å². The van der Waals surface area contributed by atoms with Crippen LogP contribution >= 0.6 is 11.3 Å². The highest BCUT2D eigenvalue weighted by atomic mass is 32.1. The maximum atomic E-state index is 4.38. The zero-order valence-corrected chi connectivity index (χ0v) is 14.6. The van der Waals surface area contributed by atoms with Gasteiger partial charge in [-0.3, -0.25) is 9.58 Å². The molecule has 120 valence electrons. The molecule has 4 nitrogen and oxygen atoms in total. The van der Waals surface area contributed by atoms with Crippen molar-refractivity contribution in [3.63, 3.8) is 0 Å². The molecule has 3 rings (SSSR count). The number of aromatic nitrogens is 2. The second-order valence-corrected chi connectivity index (χ2v) is 7.38. The number of aryl methyl sites for hydroxylation is 1. The van der Waals surface area contributed by atoms with E-state index in [1.807, 2.05) is 17.9 Å². The van der Waals surface area contributed by atoms with Crippen molar-refractivity contribution in [1.82, 2.24) is 19.6 Å². The molecule has 0 N–H and O–H groups in total. The molecule has 0 unspecified atom stereocenters. The predicted molar refractivity (Wildman–Crippen MR) is 92.0 cm³/mol. The highest BCUT2D eigenvalue weighted by Crippen LogP contribution is 2.35. The van der Waals surface area contributed by atoms with Crippen LogP contribution in [-0.4, -0.2) is 46.8 Å². The maximum absolute atomic E-state index is 4.38. The maximum Gasteiger partial charge on any atom is 0.0537 e. The summed E-state index contributed by atoms with van der Waals surface area (Å²) in [5.74, 6) is 0.673. The van der Waals surface area contributed by atoms with Crippen molar-refractivity contribution in [1.29, 1.82) is 0 Å². The summed E-state index contributed by atoms with van der Waals surface area (Å²) in [6.07, 6.45) is 6.82. The standard InChI is InChI=1S/C17H26N4S/c1-19(10-14-6-8-22-13-14)11-15-5-4-7-20(2)17(15)16-9-18-21(3)12-16/h6,8-9,12-13,15,17H,4-5,7,10-11H2,1-3H3/t15-,17+/m0/s1. The first kappa shape index (κ1) is 15.7. The van der Waals surface area contributed by atoms with Gasteiger partial charge in [-0.2, -0.15) is 16.4 Å². The minimum atomic E-state index is 0.493. The number of thiophene rings is 1. The first-order chi connectivity index (χ1) is 10.6. The van der Waals surface area contributed by atoms with Gasteiger partial charge in [0.25, 0.3) is 0 Å². The Hall–Kier alpha value is -1.17. The molecule has 1 saturated heterocycles. The van der Waals surface area contributed by atoms with Crippen LogP contribution in [0, 0.1) is 5.92 Å². The van der Waals surface area contributed by atoms with E-state index in [0.717, 1.165) is 13.1 Å². The Balaban J connectivity index is 1.69. The van der Waals surface area contributed by atoms with Gasteiger partial charge in [-0.25, -0.2) is 0 Å². The van der Waals surface area contributed by atoms with Crippen molar-refractivity contribution in [2.24, 2.45) is 13.0 Å². The fourth-order valence-electron chi connectivity index (χ4n) is 3.73. The van der Waals surface area contributed by atoms with E-state index >= 15 is 0 Å². The van der Waals surface area contributed by atoms with Gasteiger partial charge in [0.05, 0.1) is 6.20 Å². The van der Waals surface area contributed by atoms with E-state index < -0.39 is 0 Å². The van der Waals surface area contributed by atoms with Gasteiger partial charge in [-0.05, 0) is 61.8 Å². The Kier molecular flexibility index (Phi) is 4.96. The van der Waals surface area contributed by atoms with Crippen LogP contribution in [0.1, 0.15) is 30.0 Å². The van der Waals surface area contributed by atoms with Crippen LogP contribution in [0.5, 0.6) is 0 Å².